The lowest BCUT2D eigenvalue weighted by molar-refractivity contribution is -0.142. The van der Waals surface area contributed by atoms with E-state index < -0.39 is 11.6 Å². The number of amides is 2. The summed E-state index contributed by atoms with van der Waals surface area (Å²) >= 11 is 12.3. The molecule has 32 heavy (non-hydrogen) atoms. The molecule has 0 bridgehead atoms. The van der Waals surface area contributed by atoms with Crippen LogP contribution in [0.1, 0.15) is 58.6 Å². The average Bonchev–Trinajstić information content (AvgIpc) is 2.70. The van der Waals surface area contributed by atoms with E-state index in [4.69, 9.17) is 27.9 Å². The molecule has 1 unspecified atom stereocenters. The van der Waals surface area contributed by atoms with Crippen LogP contribution in [-0.4, -0.2) is 34.9 Å². The predicted molar refractivity (Wildman–Crippen MR) is 130 cm³/mol. The fourth-order valence-corrected chi connectivity index (χ4v) is 3.54. The van der Waals surface area contributed by atoms with Crippen molar-refractivity contribution in [3.05, 3.63) is 63.6 Å². The zero-order valence-electron chi connectivity index (χ0n) is 19.5. The minimum absolute atomic E-state index is 0.156. The van der Waals surface area contributed by atoms with E-state index in [2.05, 4.69) is 19.2 Å². The summed E-state index contributed by atoms with van der Waals surface area (Å²) in [4.78, 5) is 27.4. The summed E-state index contributed by atoms with van der Waals surface area (Å²) in [5, 5.41) is 3.86. The second-order valence-corrected chi connectivity index (χ2v) is 10.0. The third-order valence-electron chi connectivity index (χ3n) is 4.93. The first-order valence-electron chi connectivity index (χ1n) is 10.7. The van der Waals surface area contributed by atoms with Crippen molar-refractivity contribution in [3.8, 4) is 5.75 Å². The molecular weight excluding hydrogens is 447 g/mol. The van der Waals surface area contributed by atoms with Gasteiger partial charge in [0.25, 0.3) is 5.91 Å². The fraction of sp³-hybridized carbons (Fsp3) is 0.440. The molecule has 0 aromatic heterocycles. The minimum atomic E-state index is -0.722. The first-order chi connectivity index (χ1) is 14.9. The highest BCUT2D eigenvalue weighted by Gasteiger charge is 2.29. The van der Waals surface area contributed by atoms with Crippen LogP contribution in [0.2, 0.25) is 10.0 Å². The summed E-state index contributed by atoms with van der Waals surface area (Å²) in [6.45, 7) is 11.6. The second kappa shape index (κ2) is 11.1. The Morgan fingerprint density at radius 3 is 2.19 bits per heavy atom. The molecular formula is C25H32Cl2N2O3. The average molecular weight is 479 g/mol. The van der Waals surface area contributed by atoms with E-state index in [-0.39, 0.29) is 25.0 Å². The second-order valence-electron chi connectivity index (χ2n) is 9.19. The molecule has 2 rings (SSSR count). The van der Waals surface area contributed by atoms with E-state index in [1.165, 1.54) is 10.5 Å². The third kappa shape index (κ3) is 7.72. The Labute approximate surface area is 201 Å². The highest BCUT2D eigenvalue weighted by Crippen LogP contribution is 2.24. The van der Waals surface area contributed by atoms with Gasteiger partial charge in [0, 0.05) is 22.1 Å². The number of nitrogens with zero attached hydrogens (tertiary/aromatic N) is 1. The number of nitrogens with one attached hydrogen (secondary N) is 1. The largest absolute Gasteiger partial charge is 0.484 e. The minimum Gasteiger partial charge on any atom is -0.484 e. The van der Waals surface area contributed by atoms with Gasteiger partial charge in [-0.3, -0.25) is 9.59 Å². The van der Waals surface area contributed by atoms with Crippen LogP contribution in [0, 0.1) is 0 Å². The monoisotopic (exact) mass is 478 g/mol. The van der Waals surface area contributed by atoms with Crippen molar-refractivity contribution in [2.24, 2.45) is 0 Å². The highest BCUT2D eigenvalue weighted by molar-refractivity contribution is 6.35. The molecule has 1 N–H and O–H groups in total. The normalized spacial score (nSPS) is 12.4. The Kier molecular flexibility index (Phi) is 8.99. The lowest BCUT2D eigenvalue weighted by atomic mass is 10.0. The number of halogens is 2. The summed E-state index contributed by atoms with van der Waals surface area (Å²) in [6.07, 6.45) is 0. The van der Waals surface area contributed by atoms with Crippen LogP contribution in [0.25, 0.3) is 0 Å². The van der Waals surface area contributed by atoms with Gasteiger partial charge in [0.05, 0.1) is 0 Å². The van der Waals surface area contributed by atoms with E-state index in [1.807, 2.05) is 45.0 Å². The number of carbonyl (C=O) groups is 2. The zero-order chi connectivity index (χ0) is 24.1. The van der Waals surface area contributed by atoms with Crippen molar-refractivity contribution in [2.45, 2.75) is 65.6 Å². The summed E-state index contributed by atoms with van der Waals surface area (Å²) in [7, 11) is 0. The van der Waals surface area contributed by atoms with Gasteiger partial charge in [-0.15, -0.1) is 0 Å². The third-order valence-corrected chi connectivity index (χ3v) is 5.52. The maximum Gasteiger partial charge on any atom is 0.261 e. The fourth-order valence-electron chi connectivity index (χ4n) is 3.07. The number of hydrogen-bond donors (Lipinski definition) is 1. The zero-order valence-corrected chi connectivity index (χ0v) is 21.1. The SMILES string of the molecule is CC(C)c1ccc(OCC(=O)N(Cc2ccc(Cl)cc2Cl)C(C)C(=O)NC(C)(C)C)cc1. The van der Waals surface area contributed by atoms with Gasteiger partial charge < -0.3 is 15.0 Å². The molecule has 7 heteroatoms. The molecule has 2 aromatic rings. The van der Waals surface area contributed by atoms with Gasteiger partial charge in [-0.25, -0.2) is 0 Å². The summed E-state index contributed by atoms with van der Waals surface area (Å²) in [5.74, 6) is 0.434. The lowest BCUT2D eigenvalue weighted by Gasteiger charge is -2.31. The Morgan fingerprint density at radius 2 is 1.66 bits per heavy atom. The van der Waals surface area contributed by atoms with Crippen molar-refractivity contribution >= 4 is 35.0 Å². The van der Waals surface area contributed by atoms with Crippen LogP contribution >= 0.6 is 23.2 Å². The van der Waals surface area contributed by atoms with E-state index >= 15 is 0 Å². The van der Waals surface area contributed by atoms with Crippen molar-refractivity contribution in [1.82, 2.24) is 10.2 Å². The first-order valence-corrected chi connectivity index (χ1v) is 11.4. The molecule has 0 spiro atoms. The van der Waals surface area contributed by atoms with E-state index in [9.17, 15) is 9.59 Å². The topological polar surface area (TPSA) is 58.6 Å². The molecule has 0 heterocycles. The smallest absolute Gasteiger partial charge is 0.261 e. The van der Waals surface area contributed by atoms with Crippen LogP contribution in [0.4, 0.5) is 0 Å². The molecule has 0 radical (unpaired) electrons. The van der Waals surface area contributed by atoms with Crippen LogP contribution in [0.5, 0.6) is 5.75 Å². The molecule has 0 fully saturated rings. The number of carbonyl (C=O) groups excluding carboxylic acids is 2. The van der Waals surface area contributed by atoms with Crippen molar-refractivity contribution in [2.75, 3.05) is 6.61 Å². The molecule has 5 nitrogen and oxygen atoms in total. The Bertz CT molecular complexity index is 937. The molecule has 174 valence electrons. The number of benzene rings is 2. The molecule has 0 saturated heterocycles. The lowest BCUT2D eigenvalue weighted by Crippen LogP contribution is -2.53. The predicted octanol–water partition coefficient (Wildman–Crippen LogP) is 5.83. The van der Waals surface area contributed by atoms with Gasteiger partial charge in [-0.05, 0) is 69.0 Å². The van der Waals surface area contributed by atoms with Crippen LogP contribution in [0.3, 0.4) is 0 Å². The standard InChI is InChI=1S/C25H32Cl2N2O3/c1-16(2)18-8-11-21(12-9-18)32-15-23(30)29(17(3)24(31)28-25(4,5)6)14-19-7-10-20(26)13-22(19)27/h7-13,16-17H,14-15H2,1-6H3,(H,28,31). The van der Waals surface area contributed by atoms with Crippen LogP contribution < -0.4 is 10.1 Å². The Balaban J connectivity index is 2.19. The molecule has 1 atom stereocenters. The van der Waals surface area contributed by atoms with E-state index in [0.717, 1.165) is 0 Å². The van der Waals surface area contributed by atoms with E-state index in [0.29, 0.717) is 27.3 Å². The molecule has 0 aliphatic heterocycles. The molecule has 0 saturated carbocycles. The summed E-state index contributed by atoms with van der Waals surface area (Å²) < 4.78 is 5.72. The summed E-state index contributed by atoms with van der Waals surface area (Å²) in [6, 6.07) is 12.0. The van der Waals surface area contributed by atoms with Crippen molar-refractivity contribution in [1.29, 1.82) is 0 Å². The maximum atomic E-state index is 13.1. The Hall–Kier alpha value is -2.24. The van der Waals surface area contributed by atoms with Gasteiger partial charge in [-0.2, -0.15) is 0 Å². The van der Waals surface area contributed by atoms with Crippen molar-refractivity contribution in [3.63, 3.8) is 0 Å². The van der Waals surface area contributed by atoms with Gasteiger partial charge in [0.1, 0.15) is 11.8 Å². The quantitative estimate of drug-likeness (QED) is 0.519. The number of hydrogen-bond acceptors (Lipinski definition) is 3. The van der Waals surface area contributed by atoms with Crippen molar-refractivity contribution < 1.29 is 14.3 Å². The molecule has 2 aromatic carbocycles. The van der Waals surface area contributed by atoms with Gasteiger partial charge in [0.15, 0.2) is 6.61 Å². The van der Waals surface area contributed by atoms with Gasteiger partial charge in [0.2, 0.25) is 5.91 Å². The Morgan fingerprint density at radius 1 is 1.03 bits per heavy atom. The van der Waals surface area contributed by atoms with Gasteiger partial charge in [-0.1, -0.05) is 55.2 Å². The maximum absolute atomic E-state index is 13.1. The highest BCUT2D eigenvalue weighted by atomic mass is 35.5. The molecule has 0 aliphatic rings. The molecule has 0 aliphatic carbocycles. The summed E-state index contributed by atoms with van der Waals surface area (Å²) in [5.41, 5.74) is 1.46. The van der Waals surface area contributed by atoms with E-state index in [1.54, 1.807) is 25.1 Å². The number of ether oxygens (including phenoxy) is 1. The first kappa shape index (κ1) is 26.0. The molecule has 2 amide bonds. The number of rotatable bonds is 8. The van der Waals surface area contributed by atoms with Gasteiger partial charge >= 0.3 is 0 Å². The van der Waals surface area contributed by atoms with Crippen LogP contribution in [-0.2, 0) is 16.1 Å². The van der Waals surface area contributed by atoms with Crippen LogP contribution in [0.15, 0.2) is 42.5 Å².